The monoisotopic (exact) mass is 258 g/mol. The van der Waals surface area contributed by atoms with E-state index in [0.717, 1.165) is 31.3 Å². The molecule has 0 radical (unpaired) electrons. The lowest BCUT2D eigenvalue weighted by atomic mass is 10.0. The Morgan fingerprint density at radius 3 is 2.81 bits per heavy atom. The molecule has 86 valence electrons. The summed E-state index contributed by atoms with van der Waals surface area (Å²) in [5, 5.41) is 0.450. The summed E-state index contributed by atoms with van der Waals surface area (Å²) < 4.78 is 13.7. The van der Waals surface area contributed by atoms with Crippen LogP contribution >= 0.6 is 23.2 Å². The first-order valence-electron chi connectivity index (χ1n) is 5.47. The van der Waals surface area contributed by atoms with Crippen LogP contribution < -0.4 is 0 Å². The van der Waals surface area contributed by atoms with Crippen molar-refractivity contribution in [2.24, 2.45) is 0 Å². The number of hydrogen-bond acceptors (Lipinski definition) is 0. The van der Waals surface area contributed by atoms with Gasteiger partial charge in [-0.1, -0.05) is 30.2 Å². The Bertz CT molecular complexity index is 412. The van der Waals surface area contributed by atoms with Crippen LogP contribution in [-0.2, 0) is 0 Å². The fraction of sp³-hybridized carbons (Fsp3) is 0.385. The van der Waals surface area contributed by atoms with Crippen LogP contribution in [0.1, 0.15) is 31.2 Å². The molecule has 0 amide bonds. The molecule has 0 N–H and O–H groups in total. The number of alkyl halides is 1. The lowest BCUT2D eigenvalue weighted by Crippen LogP contribution is -1.93. The quantitative estimate of drug-likeness (QED) is 0.619. The van der Waals surface area contributed by atoms with Crippen LogP contribution in [0.25, 0.3) is 5.57 Å². The predicted molar refractivity (Wildman–Crippen MR) is 67.5 cm³/mol. The third kappa shape index (κ3) is 2.78. The first-order chi connectivity index (χ1) is 7.66. The molecule has 1 aliphatic rings. The van der Waals surface area contributed by atoms with E-state index in [1.807, 2.05) is 6.08 Å². The second-order valence-electron chi connectivity index (χ2n) is 4.08. The van der Waals surface area contributed by atoms with Crippen LogP contribution in [0.5, 0.6) is 0 Å². The molecule has 16 heavy (non-hydrogen) atoms. The first-order valence-corrected chi connectivity index (χ1v) is 6.28. The van der Waals surface area contributed by atoms with Gasteiger partial charge in [-0.15, -0.1) is 11.6 Å². The number of benzene rings is 1. The minimum absolute atomic E-state index is 0.0209. The average molecular weight is 259 g/mol. The standard InChI is InChI=1S/C13H13Cl2F/c14-10-4-2-1-3-9(7-10)12-6-5-11(15)8-13(12)16/h5-8,10H,1-4H2. The van der Waals surface area contributed by atoms with Crippen LogP contribution in [0.15, 0.2) is 24.3 Å². The smallest absolute Gasteiger partial charge is 0.132 e. The van der Waals surface area contributed by atoms with Gasteiger partial charge in [0, 0.05) is 10.6 Å². The molecule has 0 saturated heterocycles. The molecule has 1 unspecified atom stereocenters. The van der Waals surface area contributed by atoms with E-state index in [-0.39, 0.29) is 11.2 Å². The van der Waals surface area contributed by atoms with Crippen molar-refractivity contribution in [2.45, 2.75) is 31.1 Å². The predicted octanol–water partition coefficient (Wildman–Crippen LogP) is 5.04. The second-order valence-corrected chi connectivity index (χ2v) is 5.07. The maximum Gasteiger partial charge on any atom is 0.132 e. The zero-order chi connectivity index (χ0) is 11.5. The van der Waals surface area contributed by atoms with Gasteiger partial charge in [-0.05, 0) is 37.0 Å². The summed E-state index contributed by atoms with van der Waals surface area (Å²) in [5.74, 6) is -0.260. The molecule has 2 rings (SSSR count). The van der Waals surface area contributed by atoms with Crippen LogP contribution in [-0.4, -0.2) is 5.38 Å². The van der Waals surface area contributed by atoms with Gasteiger partial charge in [-0.3, -0.25) is 0 Å². The van der Waals surface area contributed by atoms with E-state index in [4.69, 9.17) is 23.2 Å². The Labute approximate surface area is 105 Å². The Hall–Kier alpha value is -0.530. The van der Waals surface area contributed by atoms with Gasteiger partial charge in [0.05, 0.1) is 5.38 Å². The molecule has 1 aromatic rings. The van der Waals surface area contributed by atoms with Gasteiger partial charge >= 0.3 is 0 Å². The fourth-order valence-corrected chi connectivity index (χ4v) is 2.48. The maximum atomic E-state index is 13.7. The number of allylic oxidation sites excluding steroid dienone is 2. The molecule has 0 aromatic heterocycles. The summed E-state index contributed by atoms with van der Waals surface area (Å²) in [6, 6.07) is 4.80. The van der Waals surface area contributed by atoms with Crippen molar-refractivity contribution >= 4 is 28.8 Å². The van der Waals surface area contributed by atoms with Gasteiger partial charge in [-0.25, -0.2) is 4.39 Å². The first kappa shape index (κ1) is 11.9. The molecule has 1 aromatic carbocycles. The van der Waals surface area contributed by atoms with E-state index in [2.05, 4.69) is 0 Å². The summed E-state index contributed by atoms with van der Waals surface area (Å²) in [7, 11) is 0. The molecule has 0 nitrogen and oxygen atoms in total. The molecular weight excluding hydrogens is 246 g/mol. The molecule has 0 heterocycles. The van der Waals surface area contributed by atoms with Crippen molar-refractivity contribution < 1.29 is 4.39 Å². The number of hydrogen-bond donors (Lipinski definition) is 0. The molecule has 1 atom stereocenters. The van der Waals surface area contributed by atoms with Crippen LogP contribution in [0.3, 0.4) is 0 Å². The zero-order valence-electron chi connectivity index (χ0n) is 8.85. The largest absolute Gasteiger partial charge is 0.206 e. The van der Waals surface area contributed by atoms with E-state index in [0.29, 0.717) is 10.6 Å². The van der Waals surface area contributed by atoms with Crippen molar-refractivity contribution in [3.63, 3.8) is 0 Å². The van der Waals surface area contributed by atoms with Gasteiger partial charge in [0.2, 0.25) is 0 Å². The Balaban J connectivity index is 2.35. The lowest BCUT2D eigenvalue weighted by molar-refractivity contribution is 0.622. The summed E-state index contributed by atoms with van der Waals surface area (Å²) in [6.07, 6.45) is 6.00. The van der Waals surface area contributed by atoms with Crippen molar-refractivity contribution in [3.05, 3.63) is 40.7 Å². The molecule has 1 aliphatic carbocycles. The minimum atomic E-state index is -0.260. The third-order valence-electron chi connectivity index (χ3n) is 2.84. The molecule has 0 bridgehead atoms. The molecule has 3 heteroatoms. The fourth-order valence-electron chi connectivity index (χ4n) is 2.01. The summed E-state index contributed by atoms with van der Waals surface area (Å²) in [5.41, 5.74) is 1.64. The summed E-state index contributed by atoms with van der Waals surface area (Å²) in [4.78, 5) is 0. The topological polar surface area (TPSA) is 0 Å². The molecule has 0 fully saturated rings. The highest BCUT2D eigenvalue weighted by molar-refractivity contribution is 6.30. The van der Waals surface area contributed by atoms with Crippen molar-refractivity contribution in [3.8, 4) is 0 Å². The normalized spacial score (nSPS) is 21.4. The van der Waals surface area contributed by atoms with Crippen LogP contribution in [0, 0.1) is 5.82 Å². The van der Waals surface area contributed by atoms with Crippen molar-refractivity contribution in [2.75, 3.05) is 0 Å². The van der Waals surface area contributed by atoms with Crippen molar-refractivity contribution in [1.29, 1.82) is 0 Å². The third-order valence-corrected chi connectivity index (χ3v) is 3.41. The zero-order valence-corrected chi connectivity index (χ0v) is 10.4. The van der Waals surface area contributed by atoms with E-state index in [1.165, 1.54) is 6.07 Å². The summed E-state index contributed by atoms with van der Waals surface area (Å²) in [6.45, 7) is 0. The molecule has 0 aliphatic heterocycles. The second kappa shape index (κ2) is 5.20. The Morgan fingerprint density at radius 2 is 2.06 bits per heavy atom. The maximum absolute atomic E-state index is 13.7. The van der Waals surface area contributed by atoms with E-state index < -0.39 is 0 Å². The molecule has 0 spiro atoms. The van der Waals surface area contributed by atoms with Gasteiger partial charge in [0.1, 0.15) is 5.82 Å². The molecule has 0 saturated carbocycles. The average Bonchev–Trinajstić information content (AvgIpc) is 2.43. The minimum Gasteiger partial charge on any atom is -0.206 e. The molecular formula is C13H13Cl2F. The van der Waals surface area contributed by atoms with Crippen LogP contribution in [0.4, 0.5) is 4.39 Å². The van der Waals surface area contributed by atoms with Gasteiger partial charge in [0.15, 0.2) is 0 Å². The van der Waals surface area contributed by atoms with Crippen molar-refractivity contribution in [1.82, 2.24) is 0 Å². The SMILES string of the molecule is Fc1cc(Cl)ccc1C1=CC(Cl)CCCC1. The van der Waals surface area contributed by atoms with Gasteiger partial charge in [-0.2, -0.15) is 0 Å². The van der Waals surface area contributed by atoms with E-state index in [9.17, 15) is 4.39 Å². The van der Waals surface area contributed by atoms with Crippen LogP contribution in [0.2, 0.25) is 5.02 Å². The Kier molecular flexibility index (Phi) is 3.88. The highest BCUT2D eigenvalue weighted by Crippen LogP contribution is 2.30. The summed E-state index contributed by atoms with van der Waals surface area (Å²) >= 11 is 11.9. The lowest BCUT2D eigenvalue weighted by Gasteiger charge is -2.08. The van der Waals surface area contributed by atoms with E-state index in [1.54, 1.807) is 12.1 Å². The van der Waals surface area contributed by atoms with Gasteiger partial charge < -0.3 is 0 Å². The highest BCUT2D eigenvalue weighted by atomic mass is 35.5. The van der Waals surface area contributed by atoms with E-state index >= 15 is 0 Å². The number of rotatable bonds is 1. The highest BCUT2D eigenvalue weighted by Gasteiger charge is 2.14. The Morgan fingerprint density at radius 1 is 1.25 bits per heavy atom. The van der Waals surface area contributed by atoms with Gasteiger partial charge in [0.25, 0.3) is 0 Å². The number of halogens is 3.